The first kappa shape index (κ1) is 15.3. The first-order valence-corrected chi connectivity index (χ1v) is 7.75. The van der Waals surface area contributed by atoms with Gasteiger partial charge in [-0.05, 0) is 43.0 Å². The summed E-state index contributed by atoms with van der Waals surface area (Å²) in [7, 11) is 1.99. The van der Waals surface area contributed by atoms with E-state index in [0.717, 1.165) is 18.5 Å². The third kappa shape index (κ3) is 3.13. The highest BCUT2D eigenvalue weighted by molar-refractivity contribution is 9.10. The molecule has 20 heavy (non-hydrogen) atoms. The maximum Gasteiger partial charge on any atom is 0.0624 e. The van der Waals surface area contributed by atoms with E-state index in [4.69, 9.17) is 5.73 Å². The van der Waals surface area contributed by atoms with Crippen molar-refractivity contribution in [1.29, 1.82) is 0 Å². The summed E-state index contributed by atoms with van der Waals surface area (Å²) in [6, 6.07) is 6.48. The molecule has 1 unspecified atom stereocenters. The molecule has 0 aliphatic carbocycles. The van der Waals surface area contributed by atoms with Gasteiger partial charge >= 0.3 is 0 Å². The van der Waals surface area contributed by atoms with Crippen molar-refractivity contribution >= 4 is 15.9 Å². The molecule has 0 amide bonds. The third-order valence-electron chi connectivity index (χ3n) is 3.71. The fourth-order valence-corrected chi connectivity index (χ4v) is 2.70. The largest absolute Gasteiger partial charge is 0.324 e. The summed E-state index contributed by atoms with van der Waals surface area (Å²) in [5.74, 6) is 0. The molecule has 0 aliphatic heterocycles. The molecular formula is C16H22BrN3. The minimum Gasteiger partial charge on any atom is -0.324 e. The number of hydrogen-bond acceptors (Lipinski definition) is 2. The Morgan fingerprint density at radius 3 is 2.35 bits per heavy atom. The molecule has 4 heteroatoms. The van der Waals surface area contributed by atoms with Gasteiger partial charge in [0.25, 0.3) is 0 Å². The van der Waals surface area contributed by atoms with Crippen LogP contribution < -0.4 is 5.73 Å². The molecular weight excluding hydrogens is 314 g/mol. The van der Waals surface area contributed by atoms with Crippen LogP contribution in [-0.2, 0) is 19.9 Å². The molecule has 1 aromatic heterocycles. The summed E-state index contributed by atoms with van der Waals surface area (Å²) in [6.07, 6.45) is 1.77. The highest BCUT2D eigenvalue weighted by Crippen LogP contribution is 2.26. The van der Waals surface area contributed by atoms with Crippen LogP contribution in [0.2, 0.25) is 0 Å². The Hall–Kier alpha value is -1.13. The van der Waals surface area contributed by atoms with Gasteiger partial charge in [0.1, 0.15) is 0 Å². The van der Waals surface area contributed by atoms with Crippen LogP contribution in [0, 0.1) is 13.8 Å². The van der Waals surface area contributed by atoms with E-state index >= 15 is 0 Å². The normalized spacial score (nSPS) is 12.7. The lowest BCUT2D eigenvalue weighted by Gasteiger charge is -2.15. The van der Waals surface area contributed by atoms with E-state index in [0.29, 0.717) is 0 Å². The quantitative estimate of drug-likeness (QED) is 0.927. The average Bonchev–Trinajstić information content (AvgIpc) is 2.76. The van der Waals surface area contributed by atoms with Crippen molar-refractivity contribution < 1.29 is 0 Å². The zero-order chi connectivity index (χ0) is 14.9. The van der Waals surface area contributed by atoms with Gasteiger partial charge < -0.3 is 5.73 Å². The van der Waals surface area contributed by atoms with Crippen LogP contribution in [0.25, 0.3) is 0 Å². The van der Waals surface area contributed by atoms with Gasteiger partial charge in [-0.2, -0.15) is 5.10 Å². The summed E-state index contributed by atoms with van der Waals surface area (Å²) < 4.78 is 3.11. The molecule has 0 spiro atoms. The van der Waals surface area contributed by atoms with E-state index in [9.17, 15) is 0 Å². The maximum atomic E-state index is 6.38. The Morgan fingerprint density at radius 2 is 1.85 bits per heavy atom. The van der Waals surface area contributed by atoms with Crippen LogP contribution in [0.5, 0.6) is 0 Å². The molecule has 2 rings (SSSR count). The van der Waals surface area contributed by atoms with Gasteiger partial charge in [0.05, 0.1) is 5.69 Å². The highest BCUT2D eigenvalue weighted by atomic mass is 79.9. The molecule has 2 N–H and O–H groups in total. The number of benzene rings is 1. The zero-order valence-corrected chi connectivity index (χ0v) is 14.2. The first-order valence-electron chi connectivity index (χ1n) is 6.96. The second kappa shape index (κ2) is 6.10. The Kier molecular flexibility index (Phi) is 4.66. The number of nitrogens with zero attached hydrogens (tertiary/aromatic N) is 2. The van der Waals surface area contributed by atoms with Crippen LogP contribution in [0.1, 0.15) is 41.0 Å². The van der Waals surface area contributed by atoms with E-state index in [2.05, 4.69) is 60.0 Å². The number of hydrogen-bond donors (Lipinski definition) is 1. The van der Waals surface area contributed by atoms with Gasteiger partial charge in [0.15, 0.2) is 0 Å². The van der Waals surface area contributed by atoms with Crippen molar-refractivity contribution in [3.05, 3.63) is 50.8 Å². The van der Waals surface area contributed by atoms with E-state index in [1.807, 2.05) is 11.7 Å². The lowest BCUT2D eigenvalue weighted by atomic mass is 9.98. The van der Waals surface area contributed by atoms with E-state index < -0.39 is 0 Å². The predicted octanol–water partition coefficient (Wildman–Crippen LogP) is 3.60. The van der Waals surface area contributed by atoms with E-state index in [-0.39, 0.29) is 6.04 Å². The predicted molar refractivity (Wildman–Crippen MR) is 86.8 cm³/mol. The Morgan fingerprint density at radius 1 is 1.25 bits per heavy atom. The van der Waals surface area contributed by atoms with E-state index in [1.54, 1.807) is 0 Å². The summed E-state index contributed by atoms with van der Waals surface area (Å²) in [5, 5.41) is 4.48. The average molecular weight is 336 g/mol. The number of aromatic nitrogens is 2. The maximum absolute atomic E-state index is 6.38. The van der Waals surface area contributed by atoms with Crippen molar-refractivity contribution in [3.8, 4) is 0 Å². The summed E-state index contributed by atoms with van der Waals surface area (Å²) >= 11 is 3.60. The number of aryl methyl sites for hydroxylation is 4. The number of halogens is 1. The number of nitrogens with two attached hydrogens (primary N) is 1. The zero-order valence-electron chi connectivity index (χ0n) is 12.6. The Bertz CT molecular complexity index is 593. The minimum absolute atomic E-state index is 0.000561. The van der Waals surface area contributed by atoms with E-state index in [1.165, 1.54) is 26.9 Å². The molecule has 0 saturated carbocycles. The Balaban J connectivity index is 2.23. The molecule has 0 saturated heterocycles. The van der Waals surface area contributed by atoms with Gasteiger partial charge in [-0.25, -0.2) is 0 Å². The Labute approximate surface area is 129 Å². The van der Waals surface area contributed by atoms with Gasteiger partial charge in [-0.1, -0.05) is 35.0 Å². The topological polar surface area (TPSA) is 43.8 Å². The van der Waals surface area contributed by atoms with Crippen molar-refractivity contribution in [2.45, 2.75) is 39.7 Å². The van der Waals surface area contributed by atoms with Crippen LogP contribution in [0.15, 0.2) is 22.7 Å². The summed E-state index contributed by atoms with van der Waals surface area (Å²) in [6.45, 7) is 6.33. The smallest absolute Gasteiger partial charge is 0.0624 e. The number of rotatable bonds is 4. The molecule has 1 aromatic carbocycles. The summed E-state index contributed by atoms with van der Waals surface area (Å²) in [5.41, 5.74) is 12.3. The monoisotopic (exact) mass is 335 g/mol. The molecule has 108 valence electrons. The molecule has 3 nitrogen and oxygen atoms in total. The van der Waals surface area contributed by atoms with Crippen LogP contribution in [0.3, 0.4) is 0 Å². The lowest BCUT2D eigenvalue weighted by molar-refractivity contribution is 0.637. The molecule has 0 radical (unpaired) electrons. The van der Waals surface area contributed by atoms with Crippen molar-refractivity contribution in [2.24, 2.45) is 12.8 Å². The first-order chi connectivity index (χ1) is 9.42. The van der Waals surface area contributed by atoms with Crippen LogP contribution in [0.4, 0.5) is 0 Å². The SMILES string of the molecule is CCc1cc(CC(N)c2cc(C)c(Br)c(C)c2)n(C)n1. The van der Waals surface area contributed by atoms with Crippen LogP contribution >= 0.6 is 15.9 Å². The van der Waals surface area contributed by atoms with Crippen molar-refractivity contribution in [1.82, 2.24) is 9.78 Å². The van der Waals surface area contributed by atoms with Gasteiger partial charge in [0.2, 0.25) is 0 Å². The molecule has 0 bridgehead atoms. The molecule has 2 aromatic rings. The van der Waals surface area contributed by atoms with Gasteiger partial charge in [-0.15, -0.1) is 0 Å². The summed E-state index contributed by atoms with van der Waals surface area (Å²) in [4.78, 5) is 0. The van der Waals surface area contributed by atoms with Crippen molar-refractivity contribution in [2.75, 3.05) is 0 Å². The fourth-order valence-electron chi connectivity index (χ4n) is 2.47. The molecule has 1 atom stereocenters. The molecule has 0 fully saturated rings. The second-order valence-corrected chi connectivity index (χ2v) is 6.18. The highest BCUT2D eigenvalue weighted by Gasteiger charge is 2.13. The van der Waals surface area contributed by atoms with Gasteiger partial charge in [-0.3, -0.25) is 4.68 Å². The van der Waals surface area contributed by atoms with Crippen molar-refractivity contribution in [3.63, 3.8) is 0 Å². The second-order valence-electron chi connectivity index (χ2n) is 5.38. The molecule has 0 aliphatic rings. The molecule has 1 heterocycles. The third-order valence-corrected chi connectivity index (χ3v) is 4.96. The van der Waals surface area contributed by atoms with Gasteiger partial charge in [0, 0.05) is 29.7 Å². The lowest BCUT2D eigenvalue weighted by Crippen LogP contribution is -2.16. The standard InChI is InChI=1S/C16H22BrN3/c1-5-13-8-14(20(4)19-13)9-15(18)12-6-10(2)16(17)11(3)7-12/h6-8,15H,5,9,18H2,1-4H3. The van der Waals surface area contributed by atoms with Crippen LogP contribution in [-0.4, -0.2) is 9.78 Å². The minimum atomic E-state index is 0.000561. The fraction of sp³-hybridized carbons (Fsp3) is 0.438.